The summed E-state index contributed by atoms with van der Waals surface area (Å²) in [5.41, 5.74) is 6.03. The molecule has 5 amide bonds. The van der Waals surface area contributed by atoms with Gasteiger partial charge in [-0.05, 0) is 55.4 Å². The maximum atomic E-state index is 13.1. The molecule has 0 radical (unpaired) electrons. The number of imide groups is 1. The molecule has 0 saturated carbocycles. The van der Waals surface area contributed by atoms with Crippen molar-refractivity contribution in [2.45, 2.75) is 38.6 Å². The van der Waals surface area contributed by atoms with E-state index in [4.69, 9.17) is 10.5 Å². The number of urea groups is 1. The van der Waals surface area contributed by atoms with Gasteiger partial charge in [0.25, 0.3) is 11.8 Å². The Balaban J connectivity index is 1.53. The Morgan fingerprint density at radius 3 is 2.82 bits per heavy atom. The van der Waals surface area contributed by atoms with Crippen LogP contribution in [0.5, 0.6) is 5.75 Å². The molecule has 2 aromatic rings. The first-order valence-corrected chi connectivity index (χ1v) is 11.5. The van der Waals surface area contributed by atoms with Crippen molar-refractivity contribution in [2.24, 2.45) is 11.7 Å². The average molecular weight is 471 g/mol. The molecule has 1 aliphatic carbocycles. The van der Waals surface area contributed by atoms with Gasteiger partial charge in [-0.1, -0.05) is 19.1 Å². The molecule has 4 N–H and O–H groups in total. The first kappa shape index (κ1) is 22.8. The number of rotatable bonds is 6. The number of nitrogens with zero attached hydrogens (tertiary/aromatic N) is 1. The van der Waals surface area contributed by atoms with Crippen LogP contribution in [0.4, 0.5) is 9.80 Å². The number of carbonyl (C=O) groups excluding carboxylic acids is 4. The second kappa shape index (κ2) is 8.51. The van der Waals surface area contributed by atoms with E-state index in [0.29, 0.717) is 27.8 Å². The third-order valence-electron chi connectivity index (χ3n) is 6.23. The summed E-state index contributed by atoms with van der Waals surface area (Å²) < 4.78 is 5.21. The number of hydrogen-bond donors (Lipinski definition) is 3. The molecule has 1 saturated heterocycles. The lowest BCUT2D eigenvalue weighted by atomic mass is 9.88. The summed E-state index contributed by atoms with van der Waals surface area (Å²) >= 11 is 1.33. The lowest BCUT2D eigenvalue weighted by Crippen LogP contribution is -2.42. The maximum Gasteiger partial charge on any atom is 0.325 e. The van der Waals surface area contributed by atoms with Gasteiger partial charge in [-0.25, -0.2) is 4.79 Å². The van der Waals surface area contributed by atoms with Crippen molar-refractivity contribution in [2.75, 3.05) is 19.0 Å². The highest BCUT2D eigenvalue weighted by Gasteiger charge is 2.49. The van der Waals surface area contributed by atoms with Crippen LogP contribution in [0, 0.1) is 5.92 Å². The number of carbonyl (C=O) groups is 4. The zero-order chi connectivity index (χ0) is 23.9. The van der Waals surface area contributed by atoms with Gasteiger partial charge in [0.05, 0.1) is 12.7 Å². The Morgan fingerprint density at radius 2 is 2.12 bits per heavy atom. The van der Waals surface area contributed by atoms with Crippen molar-refractivity contribution in [3.63, 3.8) is 0 Å². The fraction of sp³-hybridized carbons (Fsp3) is 0.391. The highest BCUT2D eigenvalue weighted by molar-refractivity contribution is 7.17. The van der Waals surface area contributed by atoms with E-state index in [-0.39, 0.29) is 0 Å². The number of amides is 5. The number of primary amides is 1. The SMILES string of the molecule is COc1cccc([C@]2(C)NC(=O)N(CC(=O)Nc3sc4c(c3C(N)=O)CC[C@@H](C)C4)C2=O)c1. The molecule has 4 rings (SSSR count). The van der Waals surface area contributed by atoms with Crippen LogP contribution in [0.1, 0.15) is 46.6 Å². The van der Waals surface area contributed by atoms with E-state index in [1.54, 1.807) is 31.2 Å². The van der Waals surface area contributed by atoms with E-state index in [1.165, 1.54) is 18.4 Å². The molecule has 10 heteroatoms. The lowest BCUT2D eigenvalue weighted by Gasteiger charge is -2.22. The average Bonchev–Trinajstić information content (AvgIpc) is 3.23. The van der Waals surface area contributed by atoms with Crippen LogP contribution in [0.25, 0.3) is 0 Å². The van der Waals surface area contributed by atoms with Crippen molar-refractivity contribution in [1.29, 1.82) is 0 Å². The van der Waals surface area contributed by atoms with Crippen molar-refractivity contribution >= 4 is 40.1 Å². The monoisotopic (exact) mass is 470 g/mol. The second-order valence-electron chi connectivity index (χ2n) is 8.65. The van der Waals surface area contributed by atoms with Crippen LogP contribution in [0.15, 0.2) is 24.3 Å². The number of hydrogen-bond acceptors (Lipinski definition) is 6. The first-order valence-electron chi connectivity index (χ1n) is 10.7. The minimum absolute atomic E-state index is 0.327. The quantitative estimate of drug-likeness (QED) is 0.558. The van der Waals surface area contributed by atoms with Gasteiger partial charge in [0, 0.05) is 4.88 Å². The minimum atomic E-state index is -1.33. The van der Waals surface area contributed by atoms with Crippen LogP contribution in [0.2, 0.25) is 0 Å². The number of thiophene rings is 1. The van der Waals surface area contributed by atoms with Gasteiger partial charge < -0.3 is 21.1 Å². The highest BCUT2D eigenvalue weighted by Crippen LogP contribution is 2.39. The summed E-state index contributed by atoms with van der Waals surface area (Å²) in [7, 11) is 1.51. The molecule has 0 bridgehead atoms. The molecule has 2 heterocycles. The normalized spacial score (nSPS) is 22.0. The van der Waals surface area contributed by atoms with Crippen LogP contribution in [-0.4, -0.2) is 42.3 Å². The molecule has 0 unspecified atom stereocenters. The molecule has 2 atom stereocenters. The Bertz CT molecular complexity index is 1160. The lowest BCUT2D eigenvalue weighted by molar-refractivity contribution is -0.133. The van der Waals surface area contributed by atoms with Crippen LogP contribution < -0.4 is 21.1 Å². The Kier molecular flexibility index (Phi) is 5.87. The fourth-order valence-corrected chi connectivity index (χ4v) is 5.81. The predicted octanol–water partition coefficient (Wildman–Crippen LogP) is 2.39. The van der Waals surface area contributed by atoms with Gasteiger partial charge >= 0.3 is 6.03 Å². The summed E-state index contributed by atoms with van der Waals surface area (Å²) in [5, 5.41) is 5.74. The van der Waals surface area contributed by atoms with Gasteiger partial charge in [-0.3, -0.25) is 19.3 Å². The van der Waals surface area contributed by atoms with Gasteiger partial charge in [0.1, 0.15) is 22.8 Å². The number of nitrogens with two attached hydrogens (primary N) is 1. The van der Waals surface area contributed by atoms with E-state index < -0.39 is 35.8 Å². The summed E-state index contributed by atoms with van der Waals surface area (Å²) in [6.07, 6.45) is 2.50. The topological polar surface area (TPSA) is 131 Å². The van der Waals surface area contributed by atoms with E-state index in [9.17, 15) is 19.2 Å². The summed E-state index contributed by atoms with van der Waals surface area (Å²) in [6, 6.07) is 6.16. The van der Waals surface area contributed by atoms with E-state index in [2.05, 4.69) is 17.6 Å². The maximum absolute atomic E-state index is 13.1. The Hall–Kier alpha value is -3.40. The van der Waals surface area contributed by atoms with Gasteiger partial charge in [-0.2, -0.15) is 0 Å². The van der Waals surface area contributed by atoms with E-state index in [1.807, 2.05) is 0 Å². The summed E-state index contributed by atoms with van der Waals surface area (Å²) in [6.45, 7) is 3.24. The van der Waals surface area contributed by atoms with Crippen molar-refractivity contribution in [1.82, 2.24) is 10.2 Å². The number of nitrogens with one attached hydrogen (secondary N) is 2. The molecule has 1 aromatic heterocycles. The highest BCUT2D eigenvalue weighted by atomic mass is 32.1. The molecular weight excluding hydrogens is 444 g/mol. The molecule has 174 valence electrons. The standard InChI is InChI=1S/C23H26N4O5S/c1-12-7-8-15-16(9-12)33-20(18(15)19(24)29)25-17(28)11-27-21(30)23(2,26-22(27)31)13-5-4-6-14(10-13)32-3/h4-6,10,12H,7-9,11H2,1-3H3,(H2,24,29)(H,25,28)(H,26,31)/t12-,23+/m1/s1. The third kappa shape index (κ3) is 4.06. The molecule has 1 fully saturated rings. The molecule has 2 aliphatic rings. The van der Waals surface area contributed by atoms with Gasteiger partial charge in [0.15, 0.2) is 0 Å². The number of fused-ring (bicyclic) bond motifs is 1. The summed E-state index contributed by atoms with van der Waals surface area (Å²) in [4.78, 5) is 52.6. The predicted molar refractivity (Wildman–Crippen MR) is 123 cm³/mol. The third-order valence-corrected chi connectivity index (χ3v) is 7.40. The minimum Gasteiger partial charge on any atom is -0.497 e. The molecule has 1 aliphatic heterocycles. The van der Waals surface area contributed by atoms with E-state index >= 15 is 0 Å². The van der Waals surface area contributed by atoms with Crippen LogP contribution >= 0.6 is 11.3 Å². The van der Waals surface area contributed by atoms with Crippen LogP contribution in [0.3, 0.4) is 0 Å². The molecular formula is C23H26N4O5S. The Labute approximate surface area is 195 Å². The molecule has 1 aromatic carbocycles. The number of anilines is 1. The number of benzene rings is 1. The molecule has 0 spiro atoms. The van der Waals surface area contributed by atoms with Gasteiger partial charge in [-0.15, -0.1) is 11.3 Å². The smallest absolute Gasteiger partial charge is 0.325 e. The van der Waals surface area contributed by atoms with Crippen molar-refractivity contribution in [3.8, 4) is 5.75 Å². The zero-order valence-electron chi connectivity index (χ0n) is 18.7. The van der Waals surface area contributed by atoms with E-state index in [0.717, 1.165) is 34.6 Å². The van der Waals surface area contributed by atoms with Crippen molar-refractivity contribution < 1.29 is 23.9 Å². The number of ether oxygens (including phenoxy) is 1. The summed E-state index contributed by atoms with van der Waals surface area (Å²) in [5.74, 6) is -0.701. The van der Waals surface area contributed by atoms with Gasteiger partial charge in [0.2, 0.25) is 5.91 Å². The Morgan fingerprint density at radius 1 is 1.36 bits per heavy atom. The first-order chi connectivity index (χ1) is 15.6. The molecule has 33 heavy (non-hydrogen) atoms. The zero-order valence-corrected chi connectivity index (χ0v) is 19.5. The molecule has 9 nitrogen and oxygen atoms in total. The number of methoxy groups -OCH3 is 1. The fourth-order valence-electron chi connectivity index (χ4n) is 4.38. The van der Waals surface area contributed by atoms with Crippen LogP contribution in [-0.2, 0) is 28.0 Å². The largest absolute Gasteiger partial charge is 0.497 e. The van der Waals surface area contributed by atoms with Crippen molar-refractivity contribution in [3.05, 3.63) is 45.8 Å². The second-order valence-corrected chi connectivity index (χ2v) is 9.75.